The largest absolute Gasteiger partial charge is 0.343 e. The van der Waals surface area contributed by atoms with E-state index < -0.39 is 11.8 Å². The quantitative estimate of drug-likeness (QED) is 0.310. The molecule has 0 saturated heterocycles. The molecule has 34 heavy (non-hydrogen) atoms. The zero-order valence-corrected chi connectivity index (χ0v) is 18.5. The molecule has 3 aromatic carbocycles. The van der Waals surface area contributed by atoms with E-state index in [1.807, 2.05) is 30.3 Å². The van der Waals surface area contributed by atoms with Crippen LogP contribution in [0.15, 0.2) is 90.2 Å². The van der Waals surface area contributed by atoms with Crippen LogP contribution in [-0.4, -0.2) is 34.4 Å². The molecule has 1 aromatic heterocycles. The van der Waals surface area contributed by atoms with Crippen LogP contribution in [0.4, 0.5) is 4.39 Å². The third kappa shape index (κ3) is 5.73. The number of nitrogens with zero attached hydrogens (tertiary/aromatic N) is 3. The minimum absolute atomic E-state index is 0.267. The number of benzene rings is 3. The number of hydrogen-bond donors (Lipinski definition) is 2. The molecule has 2 N–H and O–H groups in total. The molecule has 0 unspecified atom stereocenters. The number of nitrogens with one attached hydrogen (secondary N) is 2. The summed E-state index contributed by atoms with van der Waals surface area (Å²) in [6.45, 7) is -0.267. The van der Waals surface area contributed by atoms with E-state index in [0.29, 0.717) is 27.4 Å². The number of para-hydroxylation sites is 1. The van der Waals surface area contributed by atoms with Crippen molar-refractivity contribution in [1.82, 2.24) is 20.5 Å². The third-order valence-electron chi connectivity index (χ3n) is 4.77. The van der Waals surface area contributed by atoms with Crippen molar-refractivity contribution in [3.05, 3.63) is 107 Å². The van der Waals surface area contributed by atoms with Gasteiger partial charge in [0.05, 0.1) is 18.4 Å². The molecule has 0 saturated carbocycles. The van der Waals surface area contributed by atoms with Crippen molar-refractivity contribution in [2.45, 2.75) is 0 Å². The molecule has 9 heteroatoms. The zero-order chi connectivity index (χ0) is 23.9. The Balaban J connectivity index is 1.46. The normalized spacial score (nSPS) is 10.9. The van der Waals surface area contributed by atoms with Gasteiger partial charge in [-0.25, -0.2) is 14.5 Å². The van der Waals surface area contributed by atoms with Crippen molar-refractivity contribution in [3.8, 4) is 16.9 Å². The summed E-state index contributed by atoms with van der Waals surface area (Å²) in [7, 11) is 0. The number of hydrogen-bond acceptors (Lipinski definition) is 4. The van der Waals surface area contributed by atoms with Gasteiger partial charge in [-0.3, -0.25) is 9.59 Å². The van der Waals surface area contributed by atoms with Gasteiger partial charge in [-0.2, -0.15) is 10.2 Å². The van der Waals surface area contributed by atoms with Crippen molar-refractivity contribution in [1.29, 1.82) is 0 Å². The first-order valence-electron chi connectivity index (χ1n) is 10.3. The summed E-state index contributed by atoms with van der Waals surface area (Å²) in [5.41, 5.74) is 5.43. The predicted molar refractivity (Wildman–Crippen MR) is 128 cm³/mol. The summed E-state index contributed by atoms with van der Waals surface area (Å²) in [4.78, 5) is 24.3. The lowest BCUT2D eigenvalue weighted by Crippen LogP contribution is -2.34. The van der Waals surface area contributed by atoms with Gasteiger partial charge < -0.3 is 5.32 Å². The number of carbonyl (C=O) groups is 2. The van der Waals surface area contributed by atoms with Crippen LogP contribution >= 0.6 is 11.6 Å². The summed E-state index contributed by atoms with van der Waals surface area (Å²) in [6, 6.07) is 21.8. The van der Waals surface area contributed by atoms with Crippen LogP contribution in [0.1, 0.15) is 15.9 Å². The number of aromatic nitrogens is 2. The Morgan fingerprint density at radius 1 is 1.03 bits per heavy atom. The molecule has 1 heterocycles. The van der Waals surface area contributed by atoms with Gasteiger partial charge in [0.25, 0.3) is 11.8 Å². The molecule has 4 aromatic rings. The Labute approximate surface area is 199 Å². The topological polar surface area (TPSA) is 88.4 Å². The summed E-state index contributed by atoms with van der Waals surface area (Å²) in [5.74, 6) is -1.29. The molecule has 4 rings (SSSR count). The first-order valence-corrected chi connectivity index (χ1v) is 10.6. The van der Waals surface area contributed by atoms with Gasteiger partial charge in [-0.05, 0) is 54.6 Å². The monoisotopic (exact) mass is 475 g/mol. The fourth-order valence-corrected chi connectivity index (χ4v) is 3.32. The third-order valence-corrected chi connectivity index (χ3v) is 5.01. The molecule has 2 amide bonds. The SMILES string of the molecule is O=C(CNC(=O)c1cccc(Cl)c1)N/N=C/c1cn(-c2ccccc2)nc1-c1ccc(F)cc1. The smallest absolute Gasteiger partial charge is 0.259 e. The van der Waals surface area contributed by atoms with Crippen LogP contribution in [-0.2, 0) is 4.79 Å². The Morgan fingerprint density at radius 3 is 2.53 bits per heavy atom. The van der Waals surface area contributed by atoms with Crippen molar-refractivity contribution in [2.75, 3.05) is 6.54 Å². The number of carbonyl (C=O) groups excluding carboxylic acids is 2. The summed E-state index contributed by atoms with van der Waals surface area (Å²) < 4.78 is 15.1. The highest BCUT2D eigenvalue weighted by atomic mass is 35.5. The van der Waals surface area contributed by atoms with Gasteiger partial charge >= 0.3 is 0 Å². The van der Waals surface area contributed by atoms with Crippen molar-refractivity contribution < 1.29 is 14.0 Å². The summed E-state index contributed by atoms with van der Waals surface area (Å²) >= 11 is 5.88. The first kappa shape index (κ1) is 22.9. The number of rotatable bonds is 7. The van der Waals surface area contributed by atoms with Gasteiger partial charge in [-0.1, -0.05) is 35.9 Å². The van der Waals surface area contributed by atoms with Gasteiger partial charge in [0.2, 0.25) is 0 Å². The Kier molecular flexibility index (Phi) is 7.10. The average molecular weight is 476 g/mol. The number of amides is 2. The average Bonchev–Trinajstić information content (AvgIpc) is 3.27. The minimum atomic E-state index is -0.509. The van der Waals surface area contributed by atoms with Crippen LogP contribution in [0.5, 0.6) is 0 Å². The van der Waals surface area contributed by atoms with Crippen LogP contribution in [0.2, 0.25) is 5.02 Å². The molecular weight excluding hydrogens is 457 g/mol. The molecule has 0 spiro atoms. The highest BCUT2D eigenvalue weighted by molar-refractivity contribution is 6.31. The van der Waals surface area contributed by atoms with Crippen LogP contribution in [0.25, 0.3) is 16.9 Å². The van der Waals surface area contributed by atoms with Crippen molar-refractivity contribution >= 4 is 29.6 Å². The van der Waals surface area contributed by atoms with E-state index in [1.54, 1.807) is 41.2 Å². The fourth-order valence-electron chi connectivity index (χ4n) is 3.13. The maximum Gasteiger partial charge on any atom is 0.259 e. The van der Waals surface area contributed by atoms with Crippen LogP contribution in [0, 0.1) is 5.82 Å². The minimum Gasteiger partial charge on any atom is -0.343 e. The standard InChI is InChI=1S/C25H19ClFN5O2/c26-20-6-4-5-18(13-20)25(34)28-15-23(33)30-29-14-19-16-32(22-7-2-1-3-8-22)31-24(19)17-9-11-21(27)12-10-17/h1-14,16H,15H2,(H,28,34)(H,30,33)/b29-14+. The molecule has 0 atom stereocenters. The Hall–Kier alpha value is -4.30. The maximum absolute atomic E-state index is 13.4. The Bertz CT molecular complexity index is 1340. The van der Waals surface area contributed by atoms with Gasteiger partial charge in [0.15, 0.2) is 0 Å². The van der Waals surface area contributed by atoms with E-state index in [4.69, 9.17) is 11.6 Å². The Morgan fingerprint density at radius 2 is 1.79 bits per heavy atom. The lowest BCUT2D eigenvalue weighted by molar-refractivity contribution is -0.120. The van der Waals surface area contributed by atoms with Gasteiger partial charge in [-0.15, -0.1) is 0 Å². The van der Waals surface area contributed by atoms with E-state index in [1.165, 1.54) is 24.4 Å². The van der Waals surface area contributed by atoms with Crippen molar-refractivity contribution in [2.24, 2.45) is 5.10 Å². The fraction of sp³-hybridized carbons (Fsp3) is 0.0400. The summed E-state index contributed by atoms with van der Waals surface area (Å²) in [5, 5.41) is 11.5. The number of halogens is 2. The highest BCUT2D eigenvalue weighted by Crippen LogP contribution is 2.23. The number of hydrazone groups is 1. The zero-order valence-electron chi connectivity index (χ0n) is 17.8. The molecular formula is C25H19ClFN5O2. The van der Waals surface area contributed by atoms with E-state index in [9.17, 15) is 14.0 Å². The molecule has 7 nitrogen and oxygen atoms in total. The predicted octanol–water partition coefficient (Wildman–Crippen LogP) is 4.21. The maximum atomic E-state index is 13.4. The molecule has 0 aliphatic carbocycles. The van der Waals surface area contributed by atoms with Gasteiger partial charge in [0.1, 0.15) is 11.5 Å². The van der Waals surface area contributed by atoms with E-state index >= 15 is 0 Å². The van der Waals surface area contributed by atoms with E-state index in [0.717, 1.165) is 5.69 Å². The molecule has 0 aliphatic heterocycles. The molecule has 0 bridgehead atoms. The molecule has 0 aliphatic rings. The second kappa shape index (κ2) is 10.5. The van der Waals surface area contributed by atoms with Crippen LogP contribution in [0.3, 0.4) is 0 Å². The van der Waals surface area contributed by atoms with Crippen LogP contribution < -0.4 is 10.7 Å². The second-order valence-electron chi connectivity index (χ2n) is 7.21. The lowest BCUT2D eigenvalue weighted by atomic mass is 10.1. The molecule has 170 valence electrons. The van der Waals surface area contributed by atoms with E-state index in [2.05, 4.69) is 20.9 Å². The van der Waals surface area contributed by atoms with Gasteiger partial charge in [0, 0.05) is 27.9 Å². The van der Waals surface area contributed by atoms with E-state index in [-0.39, 0.29) is 12.4 Å². The lowest BCUT2D eigenvalue weighted by Gasteiger charge is -2.04. The summed E-state index contributed by atoms with van der Waals surface area (Å²) in [6.07, 6.45) is 3.20. The molecule has 0 radical (unpaired) electrons. The highest BCUT2D eigenvalue weighted by Gasteiger charge is 2.12. The second-order valence-corrected chi connectivity index (χ2v) is 7.64. The van der Waals surface area contributed by atoms with Crippen molar-refractivity contribution in [3.63, 3.8) is 0 Å². The molecule has 0 fully saturated rings. The first-order chi connectivity index (χ1) is 16.5.